The second kappa shape index (κ2) is 18.5. The summed E-state index contributed by atoms with van der Waals surface area (Å²) in [5.74, 6) is 0. The molecule has 0 radical (unpaired) electrons. The van der Waals surface area contributed by atoms with Gasteiger partial charge >= 0.3 is 21.0 Å². The Bertz CT molecular complexity index is 16.3. The summed E-state index contributed by atoms with van der Waals surface area (Å²) in [6.07, 6.45) is 0. The molecule has 0 saturated heterocycles. The van der Waals surface area contributed by atoms with Gasteiger partial charge in [-0.15, -0.1) is 0 Å². The van der Waals surface area contributed by atoms with Gasteiger partial charge in [-0.2, -0.15) is 0 Å². The van der Waals surface area contributed by atoms with Crippen LogP contribution in [0.15, 0.2) is 0 Å². The third-order valence-electron chi connectivity index (χ3n) is 0.1000. The first-order valence-corrected chi connectivity index (χ1v) is 1.89. The summed E-state index contributed by atoms with van der Waals surface area (Å²) in [4.78, 5) is 0. The van der Waals surface area contributed by atoms with Crippen LogP contribution < -0.4 is 0 Å². The first-order chi connectivity index (χ1) is 2.91. The molecule has 0 saturated carbocycles. The van der Waals surface area contributed by atoms with Gasteiger partial charge in [-0.1, -0.05) is 0 Å². The van der Waals surface area contributed by atoms with Crippen LogP contribution in [0.4, 0.5) is 0 Å². The van der Waals surface area contributed by atoms with Gasteiger partial charge < -0.3 is 10.2 Å². The standard InChI is InChI=1S/C2H6O2.O.V/c3-1-2-4;;/h3-4H,1-2H2;;. The summed E-state index contributed by atoms with van der Waals surface area (Å²) in [5.41, 5.74) is 0. The van der Waals surface area contributed by atoms with Crippen LogP contribution in [0.25, 0.3) is 0 Å². The van der Waals surface area contributed by atoms with Gasteiger partial charge in [0.05, 0.1) is 13.2 Å². The van der Waals surface area contributed by atoms with Crippen molar-refractivity contribution in [3.8, 4) is 0 Å². The van der Waals surface area contributed by atoms with Crippen LogP contribution in [0.1, 0.15) is 0 Å². The van der Waals surface area contributed by atoms with Crippen LogP contribution in [0.2, 0.25) is 0 Å². The SMILES string of the molecule is OCCO.[O]=[V]. The van der Waals surface area contributed by atoms with E-state index in [4.69, 9.17) is 13.9 Å². The molecule has 0 bridgehead atoms. The Morgan fingerprint density at radius 3 is 1.33 bits per heavy atom. The molecule has 0 heterocycles. The minimum absolute atomic E-state index is 0.125. The molecule has 0 aliphatic heterocycles. The van der Waals surface area contributed by atoms with Crippen LogP contribution in [0.3, 0.4) is 0 Å². The van der Waals surface area contributed by atoms with Crippen molar-refractivity contribution >= 4 is 0 Å². The van der Waals surface area contributed by atoms with Gasteiger partial charge in [0.15, 0.2) is 0 Å². The van der Waals surface area contributed by atoms with E-state index in [9.17, 15) is 0 Å². The summed E-state index contributed by atoms with van der Waals surface area (Å²) in [7, 11) is 0. The van der Waals surface area contributed by atoms with Crippen molar-refractivity contribution in [2.75, 3.05) is 13.2 Å². The van der Waals surface area contributed by atoms with Crippen molar-refractivity contribution in [3.63, 3.8) is 0 Å². The number of rotatable bonds is 1. The zero-order valence-electron chi connectivity index (χ0n) is 3.16. The molecule has 0 aromatic heterocycles. The molecular weight excluding hydrogens is 123 g/mol. The first kappa shape index (κ1) is 9.57. The van der Waals surface area contributed by atoms with Gasteiger partial charge in [0.1, 0.15) is 0 Å². The minimum atomic E-state index is -0.125. The molecule has 2 N–H and O–H groups in total. The fraction of sp³-hybridized carbons (Fsp3) is 1.00. The van der Waals surface area contributed by atoms with Crippen LogP contribution in [-0.4, -0.2) is 23.4 Å². The monoisotopic (exact) mass is 129 g/mol. The van der Waals surface area contributed by atoms with E-state index in [2.05, 4.69) is 0 Å². The number of aliphatic hydroxyl groups excluding tert-OH is 2. The second-order valence-corrected chi connectivity index (χ2v) is 0.447. The molecule has 4 heteroatoms. The van der Waals surface area contributed by atoms with E-state index in [1.807, 2.05) is 0 Å². The Balaban J connectivity index is 0. The summed E-state index contributed by atoms with van der Waals surface area (Å²) in [5, 5.41) is 15.2. The van der Waals surface area contributed by atoms with Crippen molar-refractivity contribution in [1.29, 1.82) is 0 Å². The molecule has 0 aromatic rings. The van der Waals surface area contributed by atoms with E-state index in [0.717, 1.165) is 17.4 Å². The third kappa shape index (κ3) is 27.6. The second-order valence-electron chi connectivity index (χ2n) is 0.447. The number of aliphatic hydroxyl groups is 2. The Kier molecular flexibility index (Phi) is 29.5. The Hall–Kier alpha value is 0.304. The van der Waals surface area contributed by atoms with E-state index in [1.54, 1.807) is 0 Å². The van der Waals surface area contributed by atoms with Crippen molar-refractivity contribution < 1.29 is 31.3 Å². The van der Waals surface area contributed by atoms with Gasteiger partial charge in [-0.25, -0.2) is 0 Å². The van der Waals surface area contributed by atoms with Crippen LogP contribution in [0, 0.1) is 0 Å². The molecule has 0 fully saturated rings. The topological polar surface area (TPSA) is 57.5 Å². The van der Waals surface area contributed by atoms with Gasteiger partial charge in [-0.05, 0) is 0 Å². The predicted octanol–water partition coefficient (Wildman–Crippen LogP) is -1.15. The van der Waals surface area contributed by atoms with E-state index in [-0.39, 0.29) is 13.2 Å². The first-order valence-electron chi connectivity index (χ1n) is 1.32. The molecule has 0 aromatic carbocycles. The molecule has 0 aliphatic carbocycles. The maximum absolute atomic E-state index is 8.19. The summed E-state index contributed by atoms with van der Waals surface area (Å²) >= 11 is 1.06. The quantitative estimate of drug-likeness (QED) is 0.470. The average molecular weight is 129 g/mol. The van der Waals surface area contributed by atoms with Crippen LogP contribution in [-0.2, 0) is 21.0 Å². The molecule has 0 rings (SSSR count). The number of hydrogen-bond donors (Lipinski definition) is 2. The van der Waals surface area contributed by atoms with Gasteiger partial charge in [-0.3, -0.25) is 0 Å². The van der Waals surface area contributed by atoms with Crippen molar-refractivity contribution in [2.45, 2.75) is 0 Å². The van der Waals surface area contributed by atoms with Crippen molar-refractivity contribution in [2.24, 2.45) is 0 Å². The summed E-state index contributed by atoms with van der Waals surface area (Å²) in [6.45, 7) is -0.250. The Labute approximate surface area is 45.2 Å². The fourth-order valence-corrected chi connectivity index (χ4v) is 0. The zero-order valence-corrected chi connectivity index (χ0v) is 4.56. The molecule has 0 aliphatic rings. The Morgan fingerprint density at radius 1 is 1.17 bits per heavy atom. The maximum atomic E-state index is 8.19. The molecule has 0 unspecified atom stereocenters. The van der Waals surface area contributed by atoms with Crippen molar-refractivity contribution in [1.82, 2.24) is 0 Å². The summed E-state index contributed by atoms with van der Waals surface area (Å²) < 4.78 is 8.19. The van der Waals surface area contributed by atoms with E-state index in [0.29, 0.717) is 0 Å². The molecule has 0 amide bonds. The molecular formula is C2H6O3V. The number of hydrogen-bond acceptors (Lipinski definition) is 3. The van der Waals surface area contributed by atoms with Gasteiger partial charge in [0, 0.05) is 0 Å². The van der Waals surface area contributed by atoms with Gasteiger partial charge in [0.25, 0.3) is 0 Å². The molecule has 0 spiro atoms. The average Bonchev–Trinajstić information content (AvgIpc) is 1.72. The summed E-state index contributed by atoms with van der Waals surface area (Å²) in [6, 6.07) is 0. The normalized spacial score (nSPS) is 5.50. The fourth-order valence-electron chi connectivity index (χ4n) is 0. The molecule has 6 heavy (non-hydrogen) atoms. The van der Waals surface area contributed by atoms with E-state index in [1.165, 1.54) is 0 Å². The van der Waals surface area contributed by atoms with Crippen LogP contribution >= 0.6 is 0 Å². The van der Waals surface area contributed by atoms with Crippen molar-refractivity contribution in [3.05, 3.63) is 0 Å². The van der Waals surface area contributed by atoms with E-state index >= 15 is 0 Å². The van der Waals surface area contributed by atoms with Gasteiger partial charge in [0.2, 0.25) is 0 Å². The third-order valence-corrected chi connectivity index (χ3v) is 0.1000. The molecule has 37 valence electrons. The Morgan fingerprint density at radius 2 is 1.33 bits per heavy atom. The molecule has 0 atom stereocenters. The zero-order chi connectivity index (χ0) is 5.41. The predicted molar refractivity (Wildman–Crippen MR) is 14.9 cm³/mol. The molecule has 3 nitrogen and oxygen atoms in total. The van der Waals surface area contributed by atoms with E-state index < -0.39 is 0 Å². The van der Waals surface area contributed by atoms with Crippen LogP contribution in [0.5, 0.6) is 0 Å².